The fourth-order valence-electron chi connectivity index (χ4n) is 3.61. The van der Waals surface area contributed by atoms with Crippen molar-refractivity contribution < 1.29 is 14.0 Å². The summed E-state index contributed by atoms with van der Waals surface area (Å²) in [6.07, 6.45) is 4.21. The minimum Gasteiger partial charge on any atom is -0.352 e. The first-order chi connectivity index (χ1) is 14.6. The van der Waals surface area contributed by atoms with E-state index in [-0.39, 0.29) is 23.5 Å². The molecular formula is C22H22FN5O2. The van der Waals surface area contributed by atoms with Gasteiger partial charge in [-0.2, -0.15) is 5.10 Å². The third-order valence-corrected chi connectivity index (χ3v) is 5.25. The van der Waals surface area contributed by atoms with E-state index in [4.69, 9.17) is 0 Å². The molecule has 3 aromatic rings. The zero-order chi connectivity index (χ0) is 20.9. The Kier molecular flexibility index (Phi) is 5.83. The predicted molar refractivity (Wildman–Crippen MR) is 108 cm³/mol. The van der Waals surface area contributed by atoms with E-state index < -0.39 is 0 Å². The Morgan fingerprint density at radius 3 is 2.83 bits per heavy atom. The van der Waals surface area contributed by atoms with Crippen molar-refractivity contribution in [2.75, 3.05) is 6.54 Å². The number of amides is 2. The Morgan fingerprint density at radius 1 is 1.23 bits per heavy atom. The summed E-state index contributed by atoms with van der Waals surface area (Å²) in [5, 5.41) is 9.90. The Balaban J connectivity index is 1.37. The number of nitrogens with one attached hydrogen (secondary N) is 2. The topological polar surface area (TPSA) is 91.0 Å². The fourth-order valence-corrected chi connectivity index (χ4v) is 3.61. The Labute approximate surface area is 173 Å². The number of carbonyl (C=O) groups is 2. The molecule has 154 valence electrons. The van der Waals surface area contributed by atoms with Gasteiger partial charge in [-0.3, -0.25) is 19.7 Å². The molecule has 2 amide bonds. The number of hydrogen-bond acceptors (Lipinski definition) is 4. The number of carbonyl (C=O) groups excluding carboxylic acids is 2. The molecule has 0 spiro atoms. The molecular weight excluding hydrogens is 385 g/mol. The summed E-state index contributed by atoms with van der Waals surface area (Å²) >= 11 is 0. The summed E-state index contributed by atoms with van der Waals surface area (Å²) < 4.78 is 13.2. The molecule has 1 saturated heterocycles. The van der Waals surface area contributed by atoms with Gasteiger partial charge in [-0.15, -0.1) is 0 Å². The molecule has 2 N–H and O–H groups in total. The Bertz CT molecular complexity index is 1020. The number of nitrogens with zero attached hydrogens (tertiary/aromatic N) is 3. The SMILES string of the molecule is O=C(NCc1cn[nH]c1-c1ccc(F)cc1)C1CCC(=O)N(Cc2ccccn2)C1. The first kappa shape index (κ1) is 19.8. The van der Waals surface area contributed by atoms with E-state index >= 15 is 0 Å². The smallest absolute Gasteiger partial charge is 0.225 e. The Morgan fingerprint density at radius 2 is 2.07 bits per heavy atom. The molecule has 1 aliphatic rings. The molecule has 0 bridgehead atoms. The van der Waals surface area contributed by atoms with Gasteiger partial charge in [0.15, 0.2) is 0 Å². The number of piperidine rings is 1. The van der Waals surface area contributed by atoms with E-state index in [0.29, 0.717) is 32.5 Å². The molecule has 1 fully saturated rings. The van der Waals surface area contributed by atoms with Crippen molar-refractivity contribution >= 4 is 11.8 Å². The lowest BCUT2D eigenvalue weighted by Crippen LogP contribution is -2.45. The average molecular weight is 407 g/mol. The second-order valence-corrected chi connectivity index (χ2v) is 7.33. The zero-order valence-corrected chi connectivity index (χ0v) is 16.3. The normalized spacial score (nSPS) is 16.5. The van der Waals surface area contributed by atoms with Crippen LogP contribution in [-0.4, -0.2) is 38.4 Å². The first-order valence-corrected chi connectivity index (χ1v) is 9.84. The zero-order valence-electron chi connectivity index (χ0n) is 16.3. The van der Waals surface area contributed by atoms with Gasteiger partial charge in [0.25, 0.3) is 0 Å². The van der Waals surface area contributed by atoms with E-state index in [1.807, 2.05) is 18.2 Å². The highest BCUT2D eigenvalue weighted by Gasteiger charge is 2.30. The summed E-state index contributed by atoms with van der Waals surface area (Å²) in [4.78, 5) is 31.0. The fraction of sp³-hybridized carbons (Fsp3) is 0.273. The minimum absolute atomic E-state index is 0.0399. The third kappa shape index (κ3) is 4.53. The van der Waals surface area contributed by atoms with Crippen LogP contribution < -0.4 is 5.32 Å². The highest BCUT2D eigenvalue weighted by atomic mass is 19.1. The number of rotatable bonds is 6. The lowest BCUT2D eigenvalue weighted by molar-refractivity contribution is -0.139. The van der Waals surface area contributed by atoms with Crippen molar-refractivity contribution in [3.05, 3.63) is 71.9 Å². The summed E-state index contributed by atoms with van der Waals surface area (Å²) in [6.45, 7) is 1.07. The van der Waals surface area contributed by atoms with Gasteiger partial charge in [-0.25, -0.2) is 4.39 Å². The third-order valence-electron chi connectivity index (χ3n) is 5.25. The molecule has 30 heavy (non-hydrogen) atoms. The first-order valence-electron chi connectivity index (χ1n) is 9.84. The predicted octanol–water partition coefficient (Wildman–Crippen LogP) is 2.67. The highest BCUT2D eigenvalue weighted by Crippen LogP contribution is 2.23. The van der Waals surface area contributed by atoms with E-state index in [1.165, 1.54) is 12.1 Å². The maximum absolute atomic E-state index is 13.2. The second-order valence-electron chi connectivity index (χ2n) is 7.33. The number of aromatic nitrogens is 3. The average Bonchev–Trinajstić information content (AvgIpc) is 3.23. The van der Waals surface area contributed by atoms with Crippen LogP contribution in [-0.2, 0) is 22.7 Å². The lowest BCUT2D eigenvalue weighted by atomic mass is 9.96. The van der Waals surface area contributed by atoms with Crippen molar-refractivity contribution in [2.45, 2.75) is 25.9 Å². The molecule has 2 aromatic heterocycles. The largest absolute Gasteiger partial charge is 0.352 e. The van der Waals surface area contributed by atoms with Crippen molar-refractivity contribution in [1.82, 2.24) is 25.4 Å². The molecule has 3 heterocycles. The van der Waals surface area contributed by atoms with Crippen molar-refractivity contribution in [3.63, 3.8) is 0 Å². The van der Waals surface area contributed by atoms with Crippen LogP contribution in [0.1, 0.15) is 24.1 Å². The summed E-state index contributed by atoms with van der Waals surface area (Å²) in [5.41, 5.74) is 3.15. The molecule has 1 aliphatic heterocycles. The summed E-state index contributed by atoms with van der Waals surface area (Å²) in [7, 11) is 0. The van der Waals surface area contributed by atoms with Crippen LogP contribution in [0.4, 0.5) is 4.39 Å². The van der Waals surface area contributed by atoms with Crippen molar-refractivity contribution in [3.8, 4) is 11.3 Å². The van der Waals surface area contributed by atoms with Gasteiger partial charge in [0.05, 0.1) is 30.0 Å². The monoisotopic (exact) mass is 407 g/mol. The van der Waals surface area contributed by atoms with Crippen molar-refractivity contribution in [1.29, 1.82) is 0 Å². The van der Waals surface area contributed by atoms with Crippen LogP contribution in [0.2, 0.25) is 0 Å². The second kappa shape index (κ2) is 8.86. The molecule has 0 saturated carbocycles. The maximum atomic E-state index is 13.2. The van der Waals surface area contributed by atoms with E-state index in [0.717, 1.165) is 22.5 Å². The van der Waals surface area contributed by atoms with Crippen molar-refractivity contribution in [2.24, 2.45) is 5.92 Å². The quantitative estimate of drug-likeness (QED) is 0.657. The van der Waals surface area contributed by atoms with Gasteiger partial charge in [0.2, 0.25) is 11.8 Å². The van der Waals surface area contributed by atoms with E-state index in [1.54, 1.807) is 29.4 Å². The molecule has 7 nitrogen and oxygen atoms in total. The number of pyridine rings is 1. The van der Waals surface area contributed by atoms with Crippen LogP contribution in [0.3, 0.4) is 0 Å². The molecule has 1 aromatic carbocycles. The van der Waals surface area contributed by atoms with Crippen LogP contribution >= 0.6 is 0 Å². The van der Waals surface area contributed by atoms with Gasteiger partial charge >= 0.3 is 0 Å². The number of likely N-dealkylation sites (tertiary alicyclic amines) is 1. The molecule has 8 heteroatoms. The van der Waals surface area contributed by atoms with Crippen LogP contribution in [0.25, 0.3) is 11.3 Å². The lowest BCUT2D eigenvalue weighted by Gasteiger charge is -2.31. The molecule has 1 atom stereocenters. The van der Waals surface area contributed by atoms with E-state index in [9.17, 15) is 14.0 Å². The standard InChI is InChI=1S/C22H22FN5O2/c23-18-7-4-15(5-8-18)21-17(12-26-27-21)11-25-22(30)16-6-9-20(29)28(13-16)14-19-3-1-2-10-24-19/h1-5,7-8,10,12,16H,6,9,11,13-14H2,(H,25,30)(H,26,27). The number of H-pyrrole nitrogens is 1. The summed E-state index contributed by atoms with van der Waals surface area (Å²) in [5.74, 6) is -0.638. The number of halogens is 1. The number of benzene rings is 1. The highest BCUT2D eigenvalue weighted by molar-refractivity contribution is 5.84. The molecule has 0 radical (unpaired) electrons. The molecule has 4 rings (SSSR count). The number of aromatic amines is 1. The van der Waals surface area contributed by atoms with Gasteiger partial charge in [-0.1, -0.05) is 6.07 Å². The van der Waals surface area contributed by atoms with Gasteiger partial charge in [0, 0.05) is 36.8 Å². The van der Waals surface area contributed by atoms with Gasteiger partial charge in [0.1, 0.15) is 5.82 Å². The van der Waals surface area contributed by atoms with Gasteiger partial charge < -0.3 is 10.2 Å². The van der Waals surface area contributed by atoms with E-state index in [2.05, 4.69) is 20.5 Å². The van der Waals surface area contributed by atoms with Crippen LogP contribution in [0.5, 0.6) is 0 Å². The Hall–Kier alpha value is -3.55. The molecule has 1 unspecified atom stereocenters. The van der Waals surface area contributed by atoms with Crippen LogP contribution in [0, 0.1) is 11.7 Å². The number of hydrogen-bond donors (Lipinski definition) is 2. The minimum atomic E-state index is -0.310. The maximum Gasteiger partial charge on any atom is 0.225 e. The van der Waals surface area contributed by atoms with Crippen LogP contribution in [0.15, 0.2) is 54.9 Å². The van der Waals surface area contributed by atoms with Gasteiger partial charge in [-0.05, 0) is 42.8 Å². The summed E-state index contributed by atoms with van der Waals surface area (Å²) in [6, 6.07) is 11.7. The molecule has 0 aliphatic carbocycles.